The van der Waals surface area contributed by atoms with Crippen LogP contribution in [0, 0.1) is 6.92 Å². The van der Waals surface area contributed by atoms with Gasteiger partial charge in [-0.05, 0) is 80.5 Å². The van der Waals surface area contributed by atoms with Crippen LogP contribution in [0.2, 0.25) is 0 Å². The van der Waals surface area contributed by atoms with E-state index in [4.69, 9.17) is 11.5 Å². The summed E-state index contributed by atoms with van der Waals surface area (Å²) >= 11 is 0. The number of amides is 2. The molecule has 2 aromatic carbocycles. The number of piperidine rings is 1. The summed E-state index contributed by atoms with van der Waals surface area (Å²) in [5.74, 6) is 0.797. The normalized spacial score (nSPS) is 14.4. The summed E-state index contributed by atoms with van der Waals surface area (Å²) in [4.78, 5) is 36.8. The van der Waals surface area contributed by atoms with Gasteiger partial charge in [-0.1, -0.05) is 30.3 Å². The molecule has 1 aliphatic rings. The zero-order valence-corrected chi connectivity index (χ0v) is 24.6. The van der Waals surface area contributed by atoms with Crippen LogP contribution in [-0.4, -0.2) is 60.1 Å². The van der Waals surface area contributed by atoms with Gasteiger partial charge in [-0.3, -0.25) is 14.6 Å². The largest absolute Gasteiger partial charge is 0.404 e. The molecular formula is C33H41N7O2. The van der Waals surface area contributed by atoms with E-state index in [1.165, 1.54) is 5.56 Å². The summed E-state index contributed by atoms with van der Waals surface area (Å²) in [5.41, 5.74) is 16.9. The van der Waals surface area contributed by atoms with Crippen molar-refractivity contribution in [2.24, 2.45) is 16.5 Å². The molecule has 220 valence electrons. The number of nitrogens with one attached hydrogen (secondary N) is 2. The second-order valence-electron chi connectivity index (χ2n) is 10.8. The molecule has 1 aliphatic heterocycles. The second-order valence-corrected chi connectivity index (χ2v) is 10.8. The molecule has 0 unspecified atom stereocenters. The summed E-state index contributed by atoms with van der Waals surface area (Å²) in [6.07, 6.45) is 6.63. The van der Waals surface area contributed by atoms with Gasteiger partial charge < -0.3 is 27.0 Å². The minimum absolute atomic E-state index is 0.0282. The van der Waals surface area contributed by atoms with E-state index in [2.05, 4.69) is 44.9 Å². The van der Waals surface area contributed by atoms with E-state index in [0.29, 0.717) is 54.7 Å². The predicted molar refractivity (Wildman–Crippen MR) is 171 cm³/mol. The average molecular weight is 568 g/mol. The average Bonchev–Trinajstić information content (AvgIpc) is 3.00. The Kier molecular flexibility index (Phi) is 10.4. The lowest BCUT2D eigenvalue weighted by Crippen LogP contribution is -2.38. The number of carbonyl (C=O) groups excluding carboxylic acids is 2. The Bertz CT molecular complexity index is 1420. The highest BCUT2D eigenvalue weighted by Crippen LogP contribution is 2.30. The number of hydrogen-bond donors (Lipinski definition) is 4. The number of carbonyl (C=O) groups is 2. The lowest BCUT2D eigenvalue weighted by Gasteiger charge is -2.32. The number of hydrogen-bond acceptors (Lipinski definition) is 7. The highest BCUT2D eigenvalue weighted by Gasteiger charge is 2.25. The van der Waals surface area contributed by atoms with Crippen LogP contribution in [0.5, 0.6) is 0 Å². The van der Waals surface area contributed by atoms with Crippen molar-refractivity contribution in [1.29, 1.82) is 0 Å². The molecule has 1 saturated heterocycles. The van der Waals surface area contributed by atoms with E-state index in [-0.39, 0.29) is 17.9 Å². The Labute approximate surface area is 248 Å². The number of allylic oxidation sites excluding steroid dienone is 1. The molecule has 2 amide bonds. The van der Waals surface area contributed by atoms with Gasteiger partial charge in [0, 0.05) is 61.1 Å². The quantitative estimate of drug-likeness (QED) is 0.259. The van der Waals surface area contributed by atoms with Crippen molar-refractivity contribution in [2.45, 2.75) is 45.6 Å². The molecule has 1 fully saturated rings. The molecule has 9 heteroatoms. The zero-order valence-electron chi connectivity index (χ0n) is 24.6. The summed E-state index contributed by atoms with van der Waals surface area (Å²) in [6.45, 7) is 8.37. The van der Waals surface area contributed by atoms with Crippen molar-refractivity contribution >= 4 is 35.1 Å². The maximum Gasteiger partial charge on any atom is 0.257 e. The summed E-state index contributed by atoms with van der Waals surface area (Å²) in [6, 6.07) is 17.6. The van der Waals surface area contributed by atoms with Gasteiger partial charge in [0.2, 0.25) is 0 Å². The first-order valence-corrected chi connectivity index (χ1v) is 14.4. The van der Waals surface area contributed by atoms with Gasteiger partial charge in [0.15, 0.2) is 0 Å². The van der Waals surface area contributed by atoms with Crippen LogP contribution in [0.15, 0.2) is 72.0 Å². The molecule has 1 aromatic heterocycles. The standard InChI is InChI=1S/C33H41N7O2/c1-22(2)38-31-11-10-28(21-37-31)32(41)39-30-18-27(5-4-23(30)3)33(42)40-16-12-26(13-17-40)24-6-8-25(9-7-24)29(19-35)20-36-15-14-34/h4-11,18-22,26H,12-17,34-35H2,1-3H3,(H,37,38)(H,39,41). The van der Waals surface area contributed by atoms with Crippen LogP contribution in [0.1, 0.15) is 70.0 Å². The lowest BCUT2D eigenvalue weighted by molar-refractivity contribution is 0.0712. The fourth-order valence-corrected chi connectivity index (χ4v) is 4.99. The minimum atomic E-state index is -0.268. The monoisotopic (exact) mass is 567 g/mol. The Balaban J connectivity index is 1.36. The lowest BCUT2D eigenvalue weighted by atomic mass is 9.88. The van der Waals surface area contributed by atoms with Crippen molar-refractivity contribution in [1.82, 2.24) is 9.88 Å². The molecule has 0 atom stereocenters. The van der Waals surface area contributed by atoms with Gasteiger partial charge in [0.1, 0.15) is 5.82 Å². The van der Waals surface area contributed by atoms with Crippen LogP contribution in [-0.2, 0) is 0 Å². The molecular weight excluding hydrogens is 526 g/mol. The van der Waals surface area contributed by atoms with Crippen molar-refractivity contribution in [3.8, 4) is 0 Å². The van der Waals surface area contributed by atoms with Crippen molar-refractivity contribution in [3.63, 3.8) is 0 Å². The van der Waals surface area contributed by atoms with Gasteiger partial charge in [-0.25, -0.2) is 4.98 Å². The van der Waals surface area contributed by atoms with E-state index >= 15 is 0 Å². The molecule has 0 saturated carbocycles. The number of aliphatic imine (C=N–C) groups is 1. The van der Waals surface area contributed by atoms with Crippen LogP contribution < -0.4 is 22.1 Å². The molecule has 3 aromatic rings. The second kappa shape index (κ2) is 14.4. The SMILES string of the molecule is Cc1ccc(C(=O)N2CCC(c3ccc(C(C=NCCN)=CN)cc3)CC2)cc1NC(=O)c1ccc(NC(C)C)nc1. The van der Waals surface area contributed by atoms with Gasteiger partial charge in [-0.2, -0.15) is 0 Å². The number of nitrogens with two attached hydrogens (primary N) is 2. The third-order valence-electron chi connectivity index (χ3n) is 7.36. The van der Waals surface area contributed by atoms with E-state index in [9.17, 15) is 9.59 Å². The smallest absolute Gasteiger partial charge is 0.257 e. The van der Waals surface area contributed by atoms with Crippen LogP contribution >= 0.6 is 0 Å². The molecule has 0 aliphatic carbocycles. The molecule has 2 heterocycles. The highest BCUT2D eigenvalue weighted by molar-refractivity contribution is 6.09. The molecule has 6 N–H and O–H groups in total. The van der Waals surface area contributed by atoms with Gasteiger partial charge >= 0.3 is 0 Å². The van der Waals surface area contributed by atoms with Gasteiger partial charge in [-0.15, -0.1) is 0 Å². The predicted octanol–water partition coefficient (Wildman–Crippen LogP) is 4.81. The third kappa shape index (κ3) is 7.82. The topological polar surface area (TPSA) is 139 Å². The van der Waals surface area contributed by atoms with Crippen molar-refractivity contribution in [2.75, 3.05) is 36.8 Å². The first-order valence-electron chi connectivity index (χ1n) is 14.4. The van der Waals surface area contributed by atoms with E-state index in [1.54, 1.807) is 36.8 Å². The molecule has 0 bridgehead atoms. The van der Waals surface area contributed by atoms with E-state index in [0.717, 1.165) is 29.5 Å². The fourth-order valence-electron chi connectivity index (χ4n) is 4.99. The summed E-state index contributed by atoms with van der Waals surface area (Å²) in [7, 11) is 0. The first kappa shape index (κ1) is 30.5. The highest BCUT2D eigenvalue weighted by atomic mass is 16.2. The third-order valence-corrected chi connectivity index (χ3v) is 7.36. The molecule has 4 rings (SSSR count). The molecule has 0 spiro atoms. The van der Waals surface area contributed by atoms with E-state index in [1.807, 2.05) is 37.8 Å². The number of aryl methyl sites for hydroxylation is 1. The molecule has 42 heavy (non-hydrogen) atoms. The minimum Gasteiger partial charge on any atom is -0.404 e. The van der Waals surface area contributed by atoms with Gasteiger partial charge in [0.25, 0.3) is 11.8 Å². The molecule has 0 radical (unpaired) electrons. The van der Waals surface area contributed by atoms with Crippen molar-refractivity contribution in [3.05, 3.63) is 94.8 Å². The van der Waals surface area contributed by atoms with Crippen molar-refractivity contribution < 1.29 is 9.59 Å². The number of rotatable bonds is 10. The maximum atomic E-state index is 13.4. The number of pyridine rings is 1. The zero-order chi connectivity index (χ0) is 30.1. The Morgan fingerprint density at radius 2 is 1.74 bits per heavy atom. The summed E-state index contributed by atoms with van der Waals surface area (Å²) < 4.78 is 0. The fraction of sp³-hybridized carbons (Fsp3) is 0.333. The van der Waals surface area contributed by atoms with Crippen LogP contribution in [0.25, 0.3) is 5.57 Å². The number of likely N-dealkylation sites (tertiary alicyclic amines) is 1. The summed E-state index contributed by atoms with van der Waals surface area (Å²) in [5, 5.41) is 6.16. The van der Waals surface area contributed by atoms with E-state index < -0.39 is 0 Å². The van der Waals surface area contributed by atoms with Crippen LogP contribution in [0.4, 0.5) is 11.5 Å². The Morgan fingerprint density at radius 3 is 2.36 bits per heavy atom. The number of anilines is 2. The molecule has 9 nitrogen and oxygen atoms in total. The maximum absolute atomic E-state index is 13.4. The first-order chi connectivity index (χ1) is 20.3. The van der Waals surface area contributed by atoms with Crippen LogP contribution in [0.3, 0.4) is 0 Å². The number of aromatic nitrogens is 1. The Hall–Kier alpha value is -4.50. The van der Waals surface area contributed by atoms with Gasteiger partial charge in [0.05, 0.1) is 12.1 Å². The Morgan fingerprint density at radius 1 is 1.05 bits per heavy atom. The number of nitrogens with zero attached hydrogens (tertiary/aromatic N) is 3. The number of benzene rings is 2.